The van der Waals surface area contributed by atoms with Crippen molar-refractivity contribution in [3.63, 3.8) is 0 Å². The molecule has 90 valence electrons. The smallest absolute Gasteiger partial charge is 0.149 e. The van der Waals surface area contributed by atoms with Crippen molar-refractivity contribution in [2.45, 2.75) is 30.6 Å². The van der Waals surface area contributed by atoms with Crippen LogP contribution in [0.2, 0.25) is 0 Å². The highest BCUT2D eigenvalue weighted by molar-refractivity contribution is 4.95. The summed E-state index contributed by atoms with van der Waals surface area (Å²) in [5, 5.41) is 49.8. The highest BCUT2D eigenvalue weighted by atomic mass is 16.4. The van der Waals surface area contributed by atoms with Crippen molar-refractivity contribution in [1.29, 1.82) is 0 Å². The largest absolute Gasteiger partial charge is 0.395 e. The minimum atomic E-state index is -1.47. The Morgan fingerprint density at radius 1 is 1.00 bits per heavy atom. The fraction of sp³-hybridized carbons (Fsp3) is 1.00. The van der Waals surface area contributed by atoms with Crippen molar-refractivity contribution in [3.8, 4) is 0 Å². The number of nitrogens with zero attached hydrogens (tertiary/aromatic N) is 2. The lowest BCUT2D eigenvalue weighted by molar-refractivity contribution is -0.272. The van der Waals surface area contributed by atoms with Crippen LogP contribution in [0.3, 0.4) is 0 Å². The molecule has 15 heavy (non-hydrogen) atoms. The maximum absolute atomic E-state index is 9.65. The van der Waals surface area contributed by atoms with Gasteiger partial charge in [-0.25, -0.2) is 10.0 Å². The first kappa shape index (κ1) is 12.8. The van der Waals surface area contributed by atoms with Crippen LogP contribution < -0.4 is 0 Å². The van der Waals surface area contributed by atoms with Crippen LogP contribution in [0, 0.1) is 0 Å². The first-order valence-corrected chi connectivity index (χ1v) is 4.70. The van der Waals surface area contributed by atoms with Gasteiger partial charge in [-0.3, -0.25) is 0 Å². The molecule has 7 heteroatoms. The highest BCUT2D eigenvalue weighted by Gasteiger charge is 2.47. The Labute approximate surface area is 87.7 Å². The maximum Gasteiger partial charge on any atom is 0.149 e. The first-order valence-electron chi connectivity index (χ1n) is 4.70. The molecule has 0 aliphatic carbocycles. The molecule has 1 aliphatic rings. The predicted molar refractivity (Wildman–Crippen MR) is 50.4 cm³/mol. The minimum Gasteiger partial charge on any atom is -0.395 e. The van der Waals surface area contributed by atoms with E-state index in [-0.39, 0.29) is 0 Å². The van der Waals surface area contributed by atoms with Crippen LogP contribution in [0.15, 0.2) is 0 Å². The average molecular weight is 222 g/mol. The lowest BCUT2D eigenvalue weighted by atomic mass is 9.94. The third kappa shape index (κ3) is 2.13. The second kappa shape index (κ2) is 4.71. The van der Waals surface area contributed by atoms with Gasteiger partial charge in [-0.1, -0.05) is 0 Å². The molecule has 7 nitrogen and oxygen atoms in total. The van der Waals surface area contributed by atoms with Gasteiger partial charge < -0.3 is 25.5 Å². The van der Waals surface area contributed by atoms with Crippen LogP contribution in [-0.2, 0) is 0 Å². The van der Waals surface area contributed by atoms with Crippen LogP contribution in [0.25, 0.3) is 0 Å². The Kier molecular flexibility index (Phi) is 4.01. The third-order valence-corrected chi connectivity index (χ3v) is 2.66. The van der Waals surface area contributed by atoms with Gasteiger partial charge in [0.1, 0.15) is 24.5 Å². The van der Waals surface area contributed by atoms with E-state index >= 15 is 0 Å². The summed E-state index contributed by atoms with van der Waals surface area (Å²) in [6, 6.07) is -0.839. The first-order chi connectivity index (χ1) is 6.91. The Morgan fingerprint density at radius 2 is 1.53 bits per heavy atom. The monoisotopic (exact) mass is 222 g/mol. The molecule has 1 aliphatic heterocycles. The van der Waals surface area contributed by atoms with Crippen LogP contribution >= 0.6 is 0 Å². The summed E-state index contributed by atoms with van der Waals surface area (Å²) in [5.74, 6) is 0. The third-order valence-electron chi connectivity index (χ3n) is 2.66. The Bertz CT molecular complexity index is 215. The van der Waals surface area contributed by atoms with Crippen LogP contribution in [-0.4, -0.2) is 86.8 Å². The van der Waals surface area contributed by atoms with E-state index in [0.29, 0.717) is 0 Å². The molecule has 0 saturated carbocycles. The van der Waals surface area contributed by atoms with E-state index in [1.165, 1.54) is 10.0 Å². The van der Waals surface area contributed by atoms with E-state index in [2.05, 4.69) is 0 Å². The van der Waals surface area contributed by atoms with Crippen molar-refractivity contribution in [3.05, 3.63) is 0 Å². The summed E-state index contributed by atoms with van der Waals surface area (Å²) in [4.78, 5) is 0. The van der Waals surface area contributed by atoms with Gasteiger partial charge in [-0.15, -0.1) is 0 Å². The zero-order chi connectivity index (χ0) is 11.7. The van der Waals surface area contributed by atoms with Crippen molar-refractivity contribution < 1.29 is 25.5 Å². The number of aliphatic hydroxyl groups excluding tert-OH is 5. The van der Waals surface area contributed by atoms with Gasteiger partial charge in [0.05, 0.1) is 12.6 Å². The molecule has 1 rings (SSSR count). The lowest BCUT2D eigenvalue weighted by Crippen LogP contribution is -2.70. The van der Waals surface area contributed by atoms with Gasteiger partial charge in [-0.2, -0.15) is 0 Å². The molecule has 1 heterocycles. The molecular weight excluding hydrogens is 204 g/mol. The number of hydrogen-bond acceptors (Lipinski definition) is 7. The number of piperidine rings is 1. The highest BCUT2D eigenvalue weighted by Crippen LogP contribution is 2.23. The standard InChI is InChI=1S/C8H18N2O5/c1-9(2)10-4(3-11)5(12)6(13)7(14)8(10)15/h4-8,11-15H,3H2,1-2H3/t4-,5-,6+,7-,8?/m1/s1. The number of hydrazine groups is 1. The minimum absolute atomic E-state index is 0.430. The van der Waals surface area contributed by atoms with E-state index in [9.17, 15) is 20.4 Å². The summed E-state index contributed by atoms with van der Waals surface area (Å²) < 4.78 is 0. The van der Waals surface area contributed by atoms with Crippen molar-refractivity contribution in [2.24, 2.45) is 0 Å². The van der Waals surface area contributed by atoms with Crippen molar-refractivity contribution in [2.75, 3.05) is 20.7 Å². The van der Waals surface area contributed by atoms with Crippen LogP contribution in [0.4, 0.5) is 0 Å². The summed E-state index contributed by atoms with van der Waals surface area (Å²) in [7, 11) is 3.20. The fourth-order valence-electron chi connectivity index (χ4n) is 1.84. The van der Waals surface area contributed by atoms with E-state index in [0.717, 1.165) is 0 Å². The average Bonchev–Trinajstić information content (AvgIpc) is 2.19. The molecule has 0 amide bonds. The van der Waals surface area contributed by atoms with Gasteiger partial charge in [0, 0.05) is 14.1 Å². The van der Waals surface area contributed by atoms with Gasteiger partial charge in [0.15, 0.2) is 0 Å². The zero-order valence-electron chi connectivity index (χ0n) is 8.72. The topological polar surface area (TPSA) is 108 Å². The van der Waals surface area contributed by atoms with Crippen LogP contribution in [0.5, 0.6) is 0 Å². The molecule has 0 radical (unpaired) electrons. The molecule has 0 aromatic carbocycles. The number of aliphatic hydroxyl groups is 5. The lowest BCUT2D eigenvalue weighted by Gasteiger charge is -2.48. The van der Waals surface area contributed by atoms with Gasteiger partial charge in [0.2, 0.25) is 0 Å². The second-order valence-corrected chi connectivity index (χ2v) is 3.86. The Hall–Kier alpha value is -0.280. The van der Waals surface area contributed by atoms with Gasteiger partial charge >= 0.3 is 0 Å². The van der Waals surface area contributed by atoms with E-state index in [1.54, 1.807) is 14.1 Å². The molecular formula is C8H18N2O5. The number of hydrogen-bond donors (Lipinski definition) is 5. The maximum atomic E-state index is 9.65. The molecule has 0 aromatic rings. The van der Waals surface area contributed by atoms with Gasteiger partial charge in [0.25, 0.3) is 0 Å². The fourth-order valence-corrected chi connectivity index (χ4v) is 1.84. The van der Waals surface area contributed by atoms with Crippen molar-refractivity contribution >= 4 is 0 Å². The SMILES string of the molecule is CN(C)N1C(O)[C@H](O)[C@@H](O)[C@H](O)[C@H]1CO. The molecule has 1 fully saturated rings. The quantitative estimate of drug-likeness (QED) is 0.330. The molecule has 0 spiro atoms. The summed E-state index contributed by atoms with van der Waals surface area (Å²) in [6.07, 6.45) is -5.59. The van der Waals surface area contributed by atoms with E-state index in [4.69, 9.17) is 5.11 Å². The molecule has 5 atom stereocenters. The Balaban J connectivity index is 2.92. The summed E-state index contributed by atoms with van der Waals surface area (Å²) >= 11 is 0. The number of rotatable bonds is 2. The second-order valence-electron chi connectivity index (χ2n) is 3.86. The summed E-state index contributed by atoms with van der Waals surface area (Å²) in [5.41, 5.74) is 0. The normalized spacial score (nSPS) is 43.6. The Morgan fingerprint density at radius 3 is 1.93 bits per heavy atom. The zero-order valence-corrected chi connectivity index (χ0v) is 8.72. The molecule has 0 bridgehead atoms. The predicted octanol–water partition coefficient (Wildman–Crippen LogP) is -3.46. The van der Waals surface area contributed by atoms with Gasteiger partial charge in [-0.05, 0) is 0 Å². The molecule has 1 saturated heterocycles. The van der Waals surface area contributed by atoms with E-state index in [1.807, 2.05) is 0 Å². The molecule has 5 N–H and O–H groups in total. The molecule has 0 aromatic heterocycles. The van der Waals surface area contributed by atoms with E-state index < -0.39 is 37.2 Å². The van der Waals surface area contributed by atoms with Crippen molar-refractivity contribution in [1.82, 2.24) is 10.0 Å². The molecule has 1 unspecified atom stereocenters. The summed E-state index contributed by atoms with van der Waals surface area (Å²) in [6.45, 7) is -0.430. The van der Waals surface area contributed by atoms with Crippen LogP contribution in [0.1, 0.15) is 0 Å².